The first-order chi connectivity index (χ1) is 11.6. The van der Waals surface area contributed by atoms with E-state index in [0.29, 0.717) is 0 Å². The van der Waals surface area contributed by atoms with Crippen molar-refractivity contribution in [1.29, 1.82) is 0 Å². The molecule has 0 radical (unpaired) electrons. The molecule has 1 saturated heterocycles. The molecule has 1 fully saturated rings. The van der Waals surface area contributed by atoms with Gasteiger partial charge in [0.25, 0.3) is 0 Å². The summed E-state index contributed by atoms with van der Waals surface area (Å²) < 4.78 is 8.17. The minimum atomic E-state index is 0.00495. The molecule has 0 N–H and O–H groups in total. The smallest absolute Gasteiger partial charge is 0.194 e. The van der Waals surface area contributed by atoms with Gasteiger partial charge in [-0.1, -0.05) is 0 Å². The quantitative estimate of drug-likeness (QED) is 0.732. The summed E-state index contributed by atoms with van der Waals surface area (Å²) in [6.45, 7) is 9.39. The summed E-state index contributed by atoms with van der Waals surface area (Å²) >= 11 is 1.68. The van der Waals surface area contributed by atoms with Crippen LogP contribution in [0.1, 0.15) is 34.7 Å². The standard InChI is InChI=1S/C17H21N5OS/c1-11-8-14(20-13(3)18-11)16-10-21(4-6-23-16)9-15-12(2)19-17-22(15)5-7-24-17/h5,7-8,16H,4,6,9-10H2,1-3H3/t16-/m0/s1. The summed E-state index contributed by atoms with van der Waals surface area (Å²) in [5, 5.41) is 2.08. The van der Waals surface area contributed by atoms with Crippen molar-refractivity contribution >= 4 is 16.3 Å². The number of ether oxygens (including phenoxy) is 1. The molecule has 0 aliphatic carbocycles. The molecule has 1 aliphatic heterocycles. The van der Waals surface area contributed by atoms with Gasteiger partial charge >= 0.3 is 0 Å². The van der Waals surface area contributed by atoms with Crippen molar-refractivity contribution in [3.05, 3.63) is 46.2 Å². The van der Waals surface area contributed by atoms with Crippen LogP contribution in [0.5, 0.6) is 0 Å². The average Bonchev–Trinajstić information content (AvgIpc) is 3.10. The molecule has 0 spiro atoms. The lowest BCUT2D eigenvalue weighted by atomic mass is 10.1. The van der Waals surface area contributed by atoms with Crippen LogP contribution in [-0.2, 0) is 11.3 Å². The lowest BCUT2D eigenvalue weighted by Crippen LogP contribution is -2.38. The van der Waals surface area contributed by atoms with Gasteiger partial charge in [-0.3, -0.25) is 9.30 Å². The number of fused-ring (bicyclic) bond motifs is 1. The molecule has 4 rings (SSSR count). The van der Waals surface area contributed by atoms with Gasteiger partial charge in [0, 0.05) is 36.9 Å². The summed E-state index contributed by atoms with van der Waals surface area (Å²) in [4.78, 5) is 17.1. The minimum Gasteiger partial charge on any atom is -0.369 e. The predicted molar refractivity (Wildman–Crippen MR) is 93.3 cm³/mol. The maximum absolute atomic E-state index is 5.97. The molecule has 3 aromatic rings. The lowest BCUT2D eigenvalue weighted by molar-refractivity contribution is -0.0356. The highest BCUT2D eigenvalue weighted by atomic mass is 32.1. The highest BCUT2D eigenvalue weighted by Gasteiger charge is 2.25. The highest BCUT2D eigenvalue weighted by Crippen LogP contribution is 2.24. The van der Waals surface area contributed by atoms with Crippen LogP contribution in [0.25, 0.3) is 4.96 Å². The summed E-state index contributed by atoms with van der Waals surface area (Å²) in [7, 11) is 0. The van der Waals surface area contributed by atoms with Crippen molar-refractivity contribution in [1.82, 2.24) is 24.3 Å². The predicted octanol–water partition coefficient (Wildman–Crippen LogP) is 2.68. The first-order valence-electron chi connectivity index (χ1n) is 8.17. The molecule has 0 aromatic carbocycles. The van der Waals surface area contributed by atoms with Crippen LogP contribution in [0.2, 0.25) is 0 Å². The molecule has 24 heavy (non-hydrogen) atoms. The van der Waals surface area contributed by atoms with E-state index in [0.717, 1.165) is 54.1 Å². The lowest BCUT2D eigenvalue weighted by Gasteiger charge is -2.32. The van der Waals surface area contributed by atoms with E-state index in [-0.39, 0.29) is 6.10 Å². The van der Waals surface area contributed by atoms with Gasteiger partial charge in [-0.05, 0) is 26.8 Å². The van der Waals surface area contributed by atoms with E-state index in [1.54, 1.807) is 11.3 Å². The SMILES string of the molecule is Cc1cc([C@@H]2CN(Cc3c(C)nc4sccn34)CCO2)nc(C)n1. The molecule has 6 nitrogen and oxygen atoms in total. The second-order valence-electron chi connectivity index (χ2n) is 6.28. The van der Waals surface area contributed by atoms with Gasteiger partial charge in [0.1, 0.15) is 11.9 Å². The van der Waals surface area contributed by atoms with Crippen LogP contribution >= 0.6 is 11.3 Å². The summed E-state index contributed by atoms with van der Waals surface area (Å²) in [5.41, 5.74) is 4.35. The number of nitrogens with zero attached hydrogens (tertiary/aromatic N) is 5. The molecular formula is C17H21N5OS. The Bertz CT molecular complexity index is 851. The normalized spacial score (nSPS) is 19.2. The third-order valence-corrected chi connectivity index (χ3v) is 5.16. The minimum absolute atomic E-state index is 0.00495. The molecule has 0 bridgehead atoms. The highest BCUT2D eigenvalue weighted by molar-refractivity contribution is 7.15. The molecule has 0 amide bonds. The summed E-state index contributed by atoms with van der Waals surface area (Å²) in [6.07, 6.45) is 2.11. The van der Waals surface area contributed by atoms with Crippen LogP contribution in [0, 0.1) is 20.8 Å². The second kappa shape index (κ2) is 6.23. The first kappa shape index (κ1) is 15.7. The van der Waals surface area contributed by atoms with Crippen LogP contribution in [0.3, 0.4) is 0 Å². The largest absolute Gasteiger partial charge is 0.369 e. The fourth-order valence-electron chi connectivity index (χ4n) is 3.28. The molecule has 1 atom stereocenters. The van der Waals surface area contributed by atoms with Crippen molar-refractivity contribution in [2.75, 3.05) is 19.7 Å². The van der Waals surface area contributed by atoms with Crippen LogP contribution in [-0.4, -0.2) is 43.9 Å². The Morgan fingerprint density at radius 1 is 1.25 bits per heavy atom. The van der Waals surface area contributed by atoms with Gasteiger partial charge in [0.05, 0.1) is 23.7 Å². The zero-order valence-corrected chi connectivity index (χ0v) is 15.0. The summed E-state index contributed by atoms with van der Waals surface area (Å²) in [6, 6.07) is 2.03. The number of hydrogen-bond acceptors (Lipinski definition) is 6. The van der Waals surface area contributed by atoms with Gasteiger partial charge in [-0.2, -0.15) is 0 Å². The second-order valence-corrected chi connectivity index (χ2v) is 7.15. The van der Waals surface area contributed by atoms with Crippen molar-refractivity contribution in [3.8, 4) is 0 Å². The molecule has 7 heteroatoms. The number of morpholine rings is 1. The molecule has 126 valence electrons. The van der Waals surface area contributed by atoms with E-state index in [1.807, 2.05) is 19.9 Å². The van der Waals surface area contributed by atoms with E-state index in [2.05, 4.69) is 42.8 Å². The van der Waals surface area contributed by atoms with Crippen LogP contribution in [0.15, 0.2) is 17.6 Å². The molecule has 4 heterocycles. The number of rotatable bonds is 3. The number of aryl methyl sites for hydroxylation is 3. The first-order valence-corrected chi connectivity index (χ1v) is 9.05. The van der Waals surface area contributed by atoms with Gasteiger partial charge in [0.2, 0.25) is 0 Å². The monoisotopic (exact) mass is 343 g/mol. The summed E-state index contributed by atoms with van der Waals surface area (Å²) in [5.74, 6) is 0.803. The molecule has 0 saturated carbocycles. The Balaban J connectivity index is 1.54. The van der Waals surface area contributed by atoms with Crippen LogP contribution < -0.4 is 0 Å². The average molecular weight is 343 g/mol. The zero-order valence-electron chi connectivity index (χ0n) is 14.2. The number of thiazole rings is 1. The Kier molecular flexibility index (Phi) is 4.07. The van der Waals surface area contributed by atoms with Gasteiger partial charge in [-0.25, -0.2) is 15.0 Å². The third-order valence-electron chi connectivity index (χ3n) is 4.40. The van der Waals surface area contributed by atoms with E-state index in [4.69, 9.17) is 4.74 Å². The van der Waals surface area contributed by atoms with E-state index >= 15 is 0 Å². The van der Waals surface area contributed by atoms with Gasteiger partial charge < -0.3 is 4.74 Å². The van der Waals surface area contributed by atoms with E-state index in [9.17, 15) is 0 Å². The fraction of sp³-hybridized carbons (Fsp3) is 0.471. The molecular weight excluding hydrogens is 322 g/mol. The topological polar surface area (TPSA) is 55.6 Å². The van der Waals surface area contributed by atoms with Crippen molar-refractivity contribution in [2.45, 2.75) is 33.4 Å². The molecule has 0 unspecified atom stereocenters. The van der Waals surface area contributed by atoms with E-state index < -0.39 is 0 Å². The molecule has 1 aliphatic rings. The van der Waals surface area contributed by atoms with Gasteiger partial charge in [0.15, 0.2) is 4.96 Å². The zero-order chi connectivity index (χ0) is 16.7. The fourth-order valence-corrected chi connectivity index (χ4v) is 4.06. The number of aromatic nitrogens is 4. The maximum atomic E-state index is 5.97. The Morgan fingerprint density at radius 3 is 2.96 bits per heavy atom. The number of imidazole rings is 1. The van der Waals surface area contributed by atoms with Gasteiger partial charge in [-0.15, -0.1) is 11.3 Å². The van der Waals surface area contributed by atoms with E-state index in [1.165, 1.54) is 5.69 Å². The third kappa shape index (κ3) is 2.94. The maximum Gasteiger partial charge on any atom is 0.194 e. The molecule has 3 aromatic heterocycles. The number of hydrogen-bond donors (Lipinski definition) is 0. The Morgan fingerprint density at radius 2 is 2.12 bits per heavy atom. The Labute approximate surface area is 145 Å². The van der Waals surface area contributed by atoms with Crippen LogP contribution in [0.4, 0.5) is 0 Å². The van der Waals surface area contributed by atoms with Crippen molar-refractivity contribution in [2.24, 2.45) is 0 Å². The Hall–Kier alpha value is -1.83. The van der Waals surface area contributed by atoms with Crippen molar-refractivity contribution < 1.29 is 4.74 Å². The van der Waals surface area contributed by atoms with Crippen molar-refractivity contribution in [3.63, 3.8) is 0 Å².